The Morgan fingerprint density at radius 3 is 2.18 bits per heavy atom. The van der Waals surface area contributed by atoms with E-state index in [9.17, 15) is 10.2 Å². The normalized spacial score (nSPS) is 14.2. The van der Waals surface area contributed by atoms with Crippen molar-refractivity contribution in [2.24, 2.45) is 0 Å². The van der Waals surface area contributed by atoms with Gasteiger partial charge in [-0.3, -0.25) is 0 Å². The van der Waals surface area contributed by atoms with Crippen LogP contribution in [0.4, 0.5) is 0 Å². The summed E-state index contributed by atoms with van der Waals surface area (Å²) in [7, 11) is 3.05. The number of methoxy groups -OCH3 is 2. The van der Waals surface area contributed by atoms with Crippen molar-refractivity contribution in [2.75, 3.05) is 19.5 Å². The molecule has 2 unspecified atom stereocenters. The van der Waals surface area contributed by atoms with Gasteiger partial charge in [-0.1, -0.05) is 31.9 Å². The molecular weight excluding hydrogens is 356 g/mol. The number of hydrogen-bond acceptors (Lipinski definition) is 4. The summed E-state index contributed by atoms with van der Waals surface area (Å²) in [5, 5.41) is 19.8. The highest BCUT2D eigenvalue weighted by Crippen LogP contribution is 2.36. The third kappa shape index (κ3) is 3.34. The van der Waals surface area contributed by atoms with E-state index in [1.54, 1.807) is 12.1 Å². The second-order valence-electron chi connectivity index (χ2n) is 3.40. The number of benzene rings is 1. The smallest absolute Gasteiger partial charge is 0.161 e. The lowest BCUT2D eigenvalue weighted by atomic mass is 10.0. The predicted octanol–water partition coefficient (Wildman–Crippen LogP) is 2.26. The van der Waals surface area contributed by atoms with Gasteiger partial charge in [0, 0.05) is 15.4 Å². The third-order valence-corrected chi connectivity index (χ3v) is 3.69. The Hall–Kier alpha value is -0.300. The SMILES string of the molecule is COc1cc(Br)c(C(O)C(O)CBr)cc1OC. The van der Waals surface area contributed by atoms with E-state index in [2.05, 4.69) is 31.9 Å². The quantitative estimate of drug-likeness (QED) is 0.781. The Balaban J connectivity index is 3.16. The van der Waals surface area contributed by atoms with E-state index >= 15 is 0 Å². The minimum atomic E-state index is -0.997. The maximum absolute atomic E-state index is 9.95. The molecule has 1 aromatic carbocycles. The van der Waals surface area contributed by atoms with E-state index in [0.29, 0.717) is 21.5 Å². The van der Waals surface area contributed by atoms with Crippen LogP contribution in [0.5, 0.6) is 11.5 Å². The molecule has 0 radical (unpaired) electrons. The first-order valence-electron chi connectivity index (χ1n) is 4.88. The number of ether oxygens (including phenoxy) is 2. The van der Waals surface area contributed by atoms with Crippen LogP contribution < -0.4 is 9.47 Å². The minimum Gasteiger partial charge on any atom is -0.493 e. The highest BCUT2D eigenvalue weighted by Gasteiger charge is 2.21. The van der Waals surface area contributed by atoms with E-state index < -0.39 is 12.2 Å². The number of aliphatic hydroxyl groups excluding tert-OH is 2. The topological polar surface area (TPSA) is 58.9 Å². The molecule has 96 valence electrons. The predicted molar refractivity (Wildman–Crippen MR) is 72.0 cm³/mol. The lowest BCUT2D eigenvalue weighted by Crippen LogP contribution is -2.20. The van der Waals surface area contributed by atoms with E-state index in [-0.39, 0.29) is 5.33 Å². The van der Waals surface area contributed by atoms with Gasteiger partial charge in [-0.2, -0.15) is 0 Å². The third-order valence-electron chi connectivity index (χ3n) is 2.34. The summed E-state index contributed by atoms with van der Waals surface area (Å²) in [6.07, 6.45) is -1.88. The maximum Gasteiger partial charge on any atom is 0.161 e. The van der Waals surface area contributed by atoms with Crippen molar-refractivity contribution >= 4 is 31.9 Å². The highest BCUT2D eigenvalue weighted by atomic mass is 79.9. The standard InChI is InChI=1S/C11H14Br2O4/c1-16-9-3-6(11(15)8(14)5-12)7(13)4-10(9)17-2/h3-4,8,11,14-15H,5H2,1-2H3. The van der Waals surface area contributed by atoms with Crippen LogP contribution in [0.3, 0.4) is 0 Å². The summed E-state index contributed by atoms with van der Waals surface area (Å²) in [4.78, 5) is 0. The molecule has 17 heavy (non-hydrogen) atoms. The fraction of sp³-hybridized carbons (Fsp3) is 0.455. The summed E-state index contributed by atoms with van der Waals surface area (Å²) < 4.78 is 10.9. The molecule has 0 amide bonds. The maximum atomic E-state index is 9.95. The fourth-order valence-electron chi connectivity index (χ4n) is 1.39. The second kappa shape index (κ2) is 6.58. The summed E-state index contributed by atoms with van der Waals surface area (Å²) >= 11 is 6.45. The molecule has 0 bridgehead atoms. The summed E-state index contributed by atoms with van der Waals surface area (Å²) in [5.41, 5.74) is 0.551. The van der Waals surface area contributed by atoms with Gasteiger partial charge < -0.3 is 19.7 Å². The Morgan fingerprint density at radius 1 is 1.18 bits per heavy atom. The van der Waals surface area contributed by atoms with Crippen molar-refractivity contribution in [3.05, 3.63) is 22.2 Å². The van der Waals surface area contributed by atoms with Gasteiger partial charge in [0.05, 0.1) is 20.3 Å². The Kier molecular flexibility index (Phi) is 5.72. The number of halogens is 2. The van der Waals surface area contributed by atoms with Crippen LogP contribution in [0.25, 0.3) is 0 Å². The molecule has 0 aliphatic heterocycles. The molecule has 2 N–H and O–H groups in total. The van der Waals surface area contributed by atoms with Gasteiger partial charge in [0.2, 0.25) is 0 Å². The molecule has 0 aliphatic carbocycles. The molecule has 1 aromatic rings. The van der Waals surface area contributed by atoms with Crippen LogP contribution in [0.2, 0.25) is 0 Å². The molecule has 0 saturated heterocycles. The average molecular weight is 370 g/mol. The zero-order valence-electron chi connectivity index (χ0n) is 9.48. The van der Waals surface area contributed by atoms with E-state index in [1.807, 2.05) is 0 Å². The van der Waals surface area contributed by atoms with Crippen LogP contribution in [0.15, 0.2) is 16.6 Å². The van der Waals surface area contributed by atoms with Gasteiger partial charge >= 0.3 is 0 Å². The first-order chi connectivity index (χ1) is 8.04. The van der Waals surface area contributed by atoms with Gasteiger partial charge in [-0.05, 0) is 12.1 Å². The van der Waals surface area contributed by atoms with Crippen molar-refractivity contribution < 1.29 is 19.7 Å². The molecule has 0 fully saturated rings. The van der Waals surface area contributed by atoms with Gasteiger partial charge in [0.25, 0.3) is 0 Å². The van der Waals surface area contributed by atoms with Gasteiger partial charge in [0.15, 0.2) is 11.5 Å². The van der Waals surface area contributed by atoms with Crippen LogP contribution in [-0.2, 0) is 0 Å². The largest absolute Gasteiger partial charge is 0.493 e. The van der Waals surface area contributed by atoms with E-state index in [0.717, 1.165) is 0 Å². The fourth-order valence-corrected chi connectivity index (χ4v) is 2.30. The molecule has 0 aliphatic rings. The summed E-state index contributed by atoms with van der Waals surface area (Å²) in [6.45, 7) is 0. The van der Waals surface area contributed by atoms with Gasteiger partial charge in [-0.15, -0.1) is 0 Å². The molecule has 2 atom stereocenters. The molecule has 6 heteroatoms. The van der Waals surface area contributed by atoms with Crippen molar-refractivity contribution in [2.45, 2.75) is 12.2 Å². The Morgan fingerprint density at radius 2 is 1.71 bits per heavy atom. The first kappa shape index (κ1) is 14.8. The molecule has 1 rings (SSSR count). The molecule has 0 spiro atoms. The van der Waals surface area contributed by atoms with Crippen molar-refractivity contribution in [3.8, 4) is 11.5 Å². The zero-order valence-corrected chi connectivity index (χ0v) is 12.7. The summed E-state index contributed by atoms with van der Waals surface area (Å²) in [6, 6.07) is 3.33. The monoisotopic (exact) mass is 368 g/mol. The molecule has 4 nitrogen and oxygen atoms in total. The van der Waals surface area contributed by atoms with Crippen molar-refractivity contribution in [1.82, 2.24) is 0 Å². The van der Waals surface area contributed by atoms with Gasteiger partial charge in [-0.25, -0.2) is 0 Å². The Bertz CT molecular complexity index is 384. The van der Waals surface area contributed by atoms with E-state index in [4.69, 9.17) is 9.47 Å². The lowest BCUT2D eigenvalue weighted by molar-refractivity contribution is 0.0336. The number of rotatable bonds is 5. The Labute approximate surface area is 117 Å². The number of hydrogen-bond donors (Lipinski definition) is 2. The molecule has 0 aromatic heterocycles. The highest BCUT2D eigenvalue weighted by molar-refractivity contribution is 9.10. The van der Waals surface area contributed by atoms with Crippen LogP contribution in [0, 0.1) is 0 Å². The number of alkyl halides is 1. The molecular formula is C11H14Br2O4. The van der Waals surface area contributed by atoms with Crippen LogP contribution in [-0.4, -0.2) is 35.9 Å². The van der Waals surface area contributed by atoms with Crippen LogP contribution >= 0.6 is 31.9 Å². The molecule has 0 heterocycles. The van der Waals surface area contributed by atoms with Crippen molar-refractivity contribution in [3.63, 3.8) is 0 Å². The zero-order chi connectivity index (χ0) is 13.0. The number of aliphatic hydroxyl groups is 2. The van der Waals surface area contributed by atoms with Gasteiger partial charge in [0.1, 0.15) is 6.10 Å². The van der Waals surface area contributed by atoms with Crippen LogP contribution in [0.1, 0.15) is 11.7 Å². The van der Waals surface area contributed by atoms with E-state index in [1.165, 1.54) is 14.2 Å². The van der Waals surface area contributed by atoms with Crippen molar-refractivity contribution in [1.29, 1.82) is 0 Å². The lowest BCUT2D eigenvalue weighted by Gasteiger charge is -2.19. The minimum absolute atomic E-state index is 0.287. The first-order valence-corrected chi connectivity index (χ1v) is 6.80. The summed E-state index contributed by atoms with van der Waals surface area (Å²) in [5.74, 6) is 1.06. The molecule has 0 saturated carbocycles. The second-order valence-corrected chi connectivity index (χ2v) is 4.90. The average Bonchev–Trinajstić information content (AvgIpc) is 2.36.